The zero-order valence-corrected chi connectivity index (χ0v) is 12.8. The molecule has 0 aromatic heterocycles. The predicted octanol–water partition coefficient (Wildman–Crippen LogP) is 4.24. The summed E-state index contributed by atoms with van der Waals surface area (Å²) in [5.41, 5.74) is 1.27. The zero-order chi connectivity index (χ0) is 13.9. The number of carbonyl (C=O) groups is 1. The molecule has 0 aliphatic heterocycles. The van der Waals surface area contributed by atoms with Crippen molar-refractivity contribution >= 4 is 27.6 Å². The third kappa shape index (κ3) is 4.02. The van der Waals surface area contributed by atoms with Crippen molar-refractivity contribution in [2.75, 3.05) is 11.9 Å². The molecule has 0 aliphatic rings. The predicted molar refractivity (Wildman–Crippen MR) is 78.2 cm³/mol. The molecule has 2 N–H and O–H groups in total. The van der Waals surface area contributed by atoms with Crippen LogP contribution in [-0.4, -0.2) is 17.6 Å². The van der Waals surface area contributed by atoms with Crippen LogP contribution in [0, 0.1) is 11.3 Å². The molecular weight excluding hydrogens is 294 g/mol. The highest BCUT2D eigenvalue weighted by molar-refractivity contribution is 9.10. The van der Waals surface area contributed by atoms with E-state index in [0.29, 0.717) is 5.92 Å². The van der Waals surface area contributed by atoms with Crippen molar-refractivity contribution in [3.05, 3.63) is 28.2 Å². The van der Waals surface area contributed by atoms with Crippen LogP contribution in [0.3, 0.4) is 0 Å². The summed E-state index contributed by atoms with van der Waals surface area (Å²) in [4.78, 5) is 11.0. The van der Waals surface area contributed by atoms with Gasteiger partial charge < -0.3 is 10.4 Å². The second-order valence-electron chi connectivity index (χ2n) is 5.53. The summed E-state index contributed by atoms with van der Waals surface area (Å²) < 4.78 is 0.771. The maximum Gasteiger partial charge on any atom is 0.335 e. The van der Waals surface area contributed by atoms with E-state index >= 15 is 0 Å². The molecule has 0 aliphatic carbocycles. The Balaban J connectivity index is 2.83. The third-order valence-electron chi connectivity index (χ3n) is 3.46. The third-order valence-corrected chi connectivity index (χ3v) is 3.91. The van der Waals surface area contributed by atoms with E-state index in [-0.39, 0.29) is 11.0 Å². The molecule has 1 aromatic rings. The van der Waals surface area contributed by atoms with Crippen LogP contribution in [0.2, 0.25) is 0 Å². The van der Waals surface area contributed by atoms with Crippen molar-refractivity contribution in [2.45, 2.75) is 27.7 Å². The molecular formula is C14H20BrNO2. The number of aromatic carboxylic acids is 1. The highest BCUT2D eigenvalue weighted by atomic mass is 79.9. The molecule has 1 rings (SSSR count). The topological polar surface area (TPSA) is 49.3 Å². The van der Waals surface area contributed by atoms with Crippen molar-refractivity contribution < 1.29 is 9.90 Å². The molecule has 0 heterocycles. The molecule has 4 heteroatoms. The largest absolute Gasteiger partial charge is 0.478 e. The maximum atomic E-state index is 11.0. The van der Waals surface area contributed by atoms with Crippen LogP contribution < -0.4 is 5.32 Å². The van der Waals surface area contributed by atoms with Crippen LogP contribution in [0.4, 0.5) is 5.69 Å². The van der Waals surface area contributed by atoms with Crippen LogP contribution in [0.25, 0.3) is 0 Å². The van der Waals surface area contributed by atoms with Crippen LogP contribution >= 0.6 is 15.9 Å². The molecule has 0 bridgehead atoms. The van der Waals surface area contributed by atoms with Crippen molar-refractivity contribution in [1.29, 1.82) is 0 Å². The first-order valence-electron chi connectivity index (χ1n) is 6.00. The lowest BCUT2D eigenvalue weighted by molar-refractivity contribution is 0.0697. The van der Waals surface area contributed by atoms with E-state index in [2.05, 4.69) is 48.9 Å². The Labute approximate surface area is 117 Å². The lowest BCUT2D eigenvalue weighted by Gasteiger charge is -2.30. The standard InChI is InChI=1S/C14H20BrNO2/c1-9(2)14(3,4)8-16-12-6-10(13(17)18)5-11(15)7-12/h5-7,9,16H,8H2,1-4H3,(H,17,18). The summed E-state index contributed by atoms with van der Waals surface area (Å²) in [5.74, 6) is -0.362. The van der Waals surface area contributed by atoms with Crippen LogP contribution in [0.5, 0.6) is 0 Å². The van der Waals surface area contributed by atoms with Gasteiger partial charge in [-0.15, -0.1) is 0 Å². The average molecular weight is 314 g/mol. The number of rotatable bonds is 5. The number of nitrogens with one attached hydrogen (secondary N) is 1. The van der Waals surface area contributed by atoms with E-state index in [0.717, 1.165) is 16.7 Å². The Bertz CT molecular complexity index is 441. The van der Waals surface area contributed by atoms with E-state index in [1.807, 2.05) is 6.07 Å². The van der Waals surface area contributed by atoms with Crippen LogP contribution in [-0.2, 0) is 0 Å². The molecule has 0 saturated carbocycles. The number of anilines is 1. The highest BCUT2D eigenvalue weighted by Crippen LogP contribution is 2.27. The van der Waals surface area contributed by atoms with Gasteiger partial charge in [-0.3, -0.25) is 0 Å². The zero-order valence-electron chi connectivity index (χ0n) is 11.2. The fourth-order valence-corrected chi connectivity index (χ4v) is 1.84. The normalized spacial score (nSPS) is 11.7. The molecule has 0 amide bonds. The smallest absolute Gasteiger partial charge is 0.335 e. The lowest BCUT2D eigenvalue weighted by atomic mass is 9.81. The van der Waals surface area contributed by atoms with E-state index < -0.39 is 5.97 Å². The Kier molecular flexibility index (Phi) is 4.79. The molecule has 0 radical (unpaired) electrons. The molecule has 0 fully saturated rings. The summed E-state index contributed by atoms with van der Waals surface area (Å²) >= 11 is 3.33. The molecule has 0 spiro atoms. The first-order valence-corrected chi connectivity index (χ1v) is 6.79. The lowest BCUT2D eigenvalue weighted by Crippen LogP contribution is -2.28. The second kappa shape index (κ2) is 5.74. The molecule has 100 valence electrons. The monoisotopic (exact) mass is 313 g/mol. The van der Waals surface area contributed by atoms with Crippen molar-refractivity contribution in [3.63, 3.8) is 0 Å². The second-order valence-corrected chi connectivity index (χ2v) is 6.45. The van der Waals surface area contributed by atoms with E-state index in [1.54, 1.807) is 12.1 Å². The summed E-state index contributed by atoms with van der Waals surface area (Å²) in [6, 6.07) is 5.15. The molecule has 1 aromatic carbocycles. The van der Waals surface area contributed by atoms with Gasteiger partial charge in [-0.25, -0.2) is 4.79 Å². The van der Waals surface area contributed by atoms with E-state index in [9.17, 15) is 4.79 Å². The van der Waals surface area contributed by atoms with Gasteiger partial charge in [0.2, 0.25) is 0 Å². The van der Waals surface area contributed by atoms with Crippen LogP contribution in [0.1, 0.15) is 38.1 Å². The van der Waals surface area contributed by atoms with Gasteiger partial charge in [0, 0.05) is 16.7 Å². The molecule has 3 nitrogen and oxygen atoms in total. The maximum absolute atomic E-state index is 11.0. The summed E-state index contributed by atoms with van der Waals surface area (Å²) in [6.07, 6.45) is 0. The summed E-state index contributed by atoms with van der Waals surface area (Å²) in [5, 5.41) is 12.3. The van der Waals surface area contributed by atoms with Crippen LogP contribution in [0.15, 0.2) is 22.7 Å². The minimum Gasteiger partial charge on any atom is -0.478 e. The average Bonchev–Trinajstić information content (AvgIpc) is 2.25. The highest BCUT2D eigenvalue weighted by Gasteiger charge is 2.22. The van der Waals surface area contributed by atoms with Crippen molar-refractivity contribution in [1.82, 2.24) is 0 Å². The molecule has 18 heavy (non-hydrogen) atoms. The van der Waals surface area contributed by atoms with Gasteiger partial charge in [-0.1, -0.05) is 43.6 Å². The fraction of sp³-hybridized carbons (Fsp3) is 0.500. The van der Waals surface area contributed by atoms with Gasteiger partial charge in [-0.05, 0) is 29.5 Å². The number of carboxylic acids is 1. The molecule has 0 atom stereocenters. The fourth-order valence-electron chi connectivity index (χ4n) is 1.35. The van der Waals surface area contributed by atoms with Gasteiger partial charge in [0.25, 0.3) is 0 Å². The first kappa shape index (κ1) is 15.0. The van der Waals surface area contributed by atoms with Gasteiger partial charge in [0.15, 0.2) is 0 Å². The minimum absolute atomic E-state index is 0.158. The van der Waals surface area contributed by atoms with Gasteiger partial charge in [0.05, 0.1) is 5.56 Å². The Hall–Kier alpha value is -1.03. The van der Waals surface area contributed by atoms with Crippen molar-refractivity contribution in [2.24, 2.45) is 11.3 Å². The number of hydrogen-bond acceptors (Lipinski definition) is 2. The van der Waals surface area contributed by atoms with E-state index in [4.69, 9.17) is 5.11 Å². The Morgan fingerprint density at radius 1 is 1.39 bits per heavy atom. The quantitative estimate of drug-likeness (QED) is 0.854. The van der Waals surface area contributed by atoms with Gasteiger partial charge in [-0.2, -0.15) is 0 Å². The summed E-state index contributed by atoms with van der Waals surface area (Å²) in [6.45, 7) is 9.57. The Morgan fingerprint density at radius 2 is 2.00 bits per heavy atom. The number of carboxylic acid groups (broad SMARTS) is 1. The molecule has 0 saturated heterocycles. The minimum atomic E-state index is -0.914. The van der Waals surface area contributed by atoms with Gasteiger partial charge >= 0.3 is 5.97 Å². The molecule has 0 unspecified atom stereocenters. The Morgan fingerprint density at radius 3 is 2.50 bits per heavy atom. The number of halogens is 1. The van der Waals surface area contributed by atoms with Crippen molar-refractivity contribution in [3.8, 4) is 0 Å². The summed E-state index contributed by atoms with van der Waals surface area (Å²) in [7, 11) is 0. The van der Waals surface area contributed by atoms with Gasteiger partial charge in [0.1, 0.15) is 0 Å². The number of hydrogen-bond donors (Lipinski definition) is 2. The van der Waals surface area contributed by atoms with E-state index in [1.165, 1.54) is 0 Å². The SMILES string of the molecule is CC(C)C(C)(C)CNc1cc(Br)cc(C(=O)O)c1. The number of benzene rings is 1. The first-order chi connectivity index (χ1) is 8.22.